The third-order valence-electron chi connectivity index (χ3n) is 3.58. The summed E-state index contributed by atoms with van der Waals surface area (Å²) in [6, 6.07) is 4.12. The number of thiocarbonyl (C=S) groups is 1. The van der Waals surface area contributed by atoms with Gasteiger partial charge in [0.2, 0.25) is 0 Å². The van der Waals surface area contributed by atoms with Crippen molar-refractivity contribution in [2.24, 2.45) is 5.73 Å². The third kappa shape index (κ3) is 8.27. The van der Waals surface area contributed by atoms with Crippen molar-refractivity contribution in [3.05, 3.63) is 28.8 Å². The van der Waals surface area contributed by atoms with Crippen molar-refractivity contribution in [2.45, 2.75) is 59.0 Å². The van der Waals surface area contributed by atoms with Crippen molar-refractivity contribution in [3.8, 4) is 5.75 Å². The summed E-state index contributed by atoms with van der Waals surface area (Å²) in [4.78, 5) is 10.8. The van der Waals surface area contributed by atoms with Crippen LogP contribution in [-0.4, -0.2) is 34.5 Å². The molecule has 0 aliphatic carbocycles. The monoisotopic (exact) mass is 400 g/mol. The fraction of sp³-hybridized carbons (Fsp3) is 0.579. The summed E-state index contributed by atoms with van der Waals surface area (Å²) in [6.45, 7) is 13.1. The number of nitrogens with zero attached hydrogens (tertiary/aromatic N) is 1. The van der Waals surface area contributed by atoms with Gasteiger partial charge >= 0.3 is 0 Å². The Bertz CT molecular complexity index is 641. The number of phenols is 1. The van der Waals surface area contributed by atoms with E-state index in [2.05, 4.69) is 66.0 Å². The van der Waals surface area contributed by atoms with Crippen molar-refractivity contribution >= 4 is 35.3 Å². The van der Waals surface area contributed by atoms with Gasteiger partial charge in [-0.1, -0.05) is 60.2 Å². The molecule has 26 heavy (non-hydrogen) atoms. The number of hydrogen-bond donors (Lipinski definition) is 3. The van der Waals surface area contributed by atoms with E-state index in [1.54, 1.807) is 4.90 Å². The molecule has 0 heterocycles. The van der Waals surface area contributed by atoms with Crippen LogP contribution in [0.2, 0.25) is 0 Å². The molecule has 0 fully saturated rings. The number of hydrogen-bond acceptors (Lipinski definition) is 4. The van der Waals surface area contributed by atoms with Gasteiger partial charge in [-0.2, -0.15) is 0 Å². The first kappa shape index (κ1) is 24.5. The molecule has 7 heteroatoms. The Labute approximate surface area is 168 Å². The van der Waals surface area contributed by atoms with E-state index >= 15 is 0 Å². The highest BCUT2D eigenvalue weighted by molar-refractivity contribution is 7.96. The van der Waals surface area contributed by atoms with Crippen molar-refractivity contribution in [3.63, 3.8) is 0 Å². The summed E-state index contributed by atoms with van der Waals surface area (Å²) in [5.41, 5.74) is 7.11. The SMILES string of the molecule is CN(C)C(=S)OCc1cc(C(C)(C)C)cc(C(C)(C)C)c1O.NC(=O)S. The van der Waals surface area contributed by atoms with Gasteiger partial charge in [0, 0.05) is 19.7 Å². The van der Waals surface area contributed by atoms with Crippen LogP contribution in [0.15, 0.2) is 12.1 Å². The van der Waals surface area contributed by atoms with E-state index in [9.17, 15) is 5.11 Å². The van der Waals surface area contributed by atoms with Gasteiger partial charge in [0.05, 0.1) is 0 Å². The average Bonchev–Trinajstić information content (AvgIpc) is 2.42. The second-order valence-electron chi connectivity index (χ2n) is 8.32. The minimum Gasteiger partial charge on any atom is -0.507 e. The second-order valence-corrected chi connectivity index (χ2v) is 9.11. The van der Waals surface area contributed by atoms with Crippen LogP contribution in [0.5, 0.6) is 5.75 Å². The minimum absolute atomic E-state index is 0.00447. The summed E-state index contributed by atoms with van der Waals surface area (Å²) in [5, 5.41) is 10.4. The van der Waals surface area contributed by atoms with Crippen LogP contribution in [0.1, 0.15) is 58.2 Å². The lowest BCUT2D eigenvalue weighted by atomic mass is 9.79. The molecule has 0 spiro atoms. The summed E-state index contributed by atoms with van der Waals surface area (Å²) in [5.74, 6) is 0.307. The van der Waals surface area contributed by atoms with Gasteiger partial charge in [-0.05, 0) is 40.2 Å². The predicted octanol–water partition coefficient (Wildman–Crippen LogP) is 4.35. The zero-order valence-corrected chi connectivity index (χ0v) is 18.7. The van der Waals surface area contributed by atoms with Gasteiger partial charge < -0.3 is 20.5 Å². The van der Waals surface area contributed by atoms with Crippen molar-refractivity contribution < 1.29 is 14.6 Å². The Kier molecular flexibility index (Phi) is 8.93. The Morgan fingerprint density at radius 3 is 2.00 bits per heavy atom. The van der Waals surface area contributed by atoms with Crippen LogP contribution in [0.25, 0.3) is 0 Å². The molecule has 1 amide bonds. The van der Waals surface area contributed by atoms with E-state index in [1.165, 1.54) is 5.56 Å². The molecule has 1 aromatic carbocycles. The molecule has 0 unspecified atom stereocenters. The molecule has 0 aromatic heterocycles. The molecule has 148 valence electrons. The Balaban J connectivity index is 0.00000141. The van der Waals surface area contributed by atoms with Crippen LogP contribution >= 0.6 is 24.8 Å². The lowest BCUT2D eigenvalue weighted by molar-refractivity contribution is 0.252. The molecule has 0 saturated carbocycles. The maximum atomic E-state index is 10.6. The lowest BCUT2D eigenvalue weighted by Gasteiger charge is -2.27. The standard InChI is InChI=1S/C18H29NO2S.CH3NOS/c1-17(2,3)13-9-12(11-21-16(22)19(7)8)15(20)14(10-13)18(4,5)6;2-1(3)4/h9-10,20H,11H2,1-8H3;(H3,2,3,4). The third-order valence-corrected chi connectivity index (χ3v) is 4.06. The van der Waals surface area contributed by atoms with Gasteiger partial charge in [0.25, 0.3) is 10.4 Å². The quantitative estimate of drug-likeness (QED) is 0.508. The first-order chi connectivity index (χ1) is 11.6. The number of carbonyl (C=O) groups excluding carboxylic acids is 1. The van der Waals surface area contributed by atoms with E-state index in [-0.39, 0.29) is 17.4 Å². The molecule has 3 N–H and O–H groups in total. The Morgan fingerprint density at radius 1 is 1.19 bits per heavy atom. The fourth-order valence-electron chi connectivity index (χ4n) is 2.08. The largest absolute Gasteiger partial charge is 0.507 e. The maximum absolute atomic E-state index is 10.6. The molecule has 0 radical (unpaired) electrons. The molecular formula is C19H32N2O3S2. The zero-order valence-electron chi connectivity index (χ0n) is 17.0. The highest BCUT2D eigenvalue weighted by Crippen LogP contribution is 2.37. The Morgan fingerprint density at radius 2 is 1.65 bits per heavy atom. The van der Waals surface area contributed by atoms with E-state index in [0.29, 0.717) is 10.9 Å². The molecule has 0 bridgehead atoms. The number of rotatable bonds is 2. The number of phenolic OH excluding ortho intramolecular Hbond substituents is 1. The Hall–Kier alpha value is -1.47. The highest BCUT2D eigenvalue weighted by atomic mass is 32.1. The van der Waals surface area contributed by atoms with Gasteiger partial charge in [0.1, 0.15) is 12.4 Å². The number of benzene rings is 1. The van der Waals surface area contributed by atoms with Gasteiger partial charge in [-0.3, -0.25) is 4.79 Å². The van der Waals surface area contributed by atoms with Crippen molar-refractivity contribution in [2.75, 3.05) is 14.1 Å². The van der Waals surface area contributed by atoms with Gasteiger partial charge in [-0.25, -0.2) is 0 Å². The highest BCUT2D eigenvalue weighted by Gasteiger charge is 2.25. The molecule has 1 rings (SSSR count). The predicted molar refractivity (Wildman–Crippen MR) is 115 cm³/mol. The number of carbonyl (C=O) groups is 1. The number of aromatic hydroxyl groups is 1. The van der Waals surface area contributed by atoms with E-state index in [1.807, 2.05) is 20.2 Å². The number of primary amides is 1. The van der Waals surface area contributed by atoms with Gasteiger partial charge in [-0.15, -0.1) is 0 Å². The summed E-state index contributed by atoms with van der Waals surface area (Å²) < 4.78 is 5.60. The van der Waals surface area contributed by atoms with Gasteiger partial charge in [0.15, 0.2) is 0 Å². The molecular weight excluding hydrogens is 368 g/mol. The zero-order chi connectivity index (χ0) is 20.9. The molecule has 1 aromatic rings. The average molecular weight is 401 g/mol. The smallest absolute Gasteiger partial charge is 0.273 e. The maximum Gasteiger partial charge on any atom is 0.273 e. The number of ether oxygens (including phenoxy) is 1. The lowest BCUT2D eigenvalue weighted by Crippen LogP contribution is -2.23. The van der Waals surface area contributed by atoms with Crippen LogP contribution in [0.4, 0.5) is 4.79 Å². The van der Waals surface area contributed by atoms with Crippen molar-refractivity contribution in [1.29, 1.82) is 0 Å². The second kappa shape index (κ2) is 9.46. The van der Waals surface area contributed by atoms with Crippen LogP contribution in [0.3, 0.4) is 0 Å². The molecule has 5 nitrogen and oxygen atoms in total. The van der Waals surface area contributed by atoms with E-state index < -0.39 is 5.24 Å². The summed E-state index contributed by atoms with van der Waals surface area (Å²) in [7, 11) is 3.68. The molecule has 0 saturated heterocycles. The number of thiol groups is 1. The van der Waals surface area contributed by atoms with Crippen LogP contribution in [-0.2, 0) is 22.2 Å². The van der Waals surface area contributed by atoms with E-state index in [0.717, 1.165) is 11.1 Å². The molecule has 0 aliphatic rings. The minimum atomic E-state index is -0.639. The van der Waals surface area contributed by atoms with Crippen LogP contribution < -0.4 is 5.73 Å². The topological polar surface area (TPSA) is 75.8 Å². The fourth-order valence-corrected chi connectivity index (χ4v) is 2.14. The summed E-state index contributed by atoms with van der Waals surface area (Å²) in [6.07, 6.45) is 0. The first-order valence-corrected chi connectivity index (χ1v) is 9.12. The molecule has 0 atom stereocenters. The number of nitrogens with two attached hydrogens (primary N) is 1. The first-order valence-electron chi connectivity index (χ1n) is 8.26. The van der Waals surface area contributed by atoms with Crippen molar-refractivity contribution in [1.82, 2.24) is 4.90 Å². The summed E-state index contributed by atoms with van der Waals surface area (Å²) >= 11 is 8.26. The van der Waals surface area contributed by atoms with E-state index in [4.69, 9.17) is 21.7 Å². The van der Waals surface area contributed by atoms with Crippen LogP contribution in [0, 0.1) is 0 Å². The normalized spacial score (nSPS) is 11.3. The number of amides is 1. The molecule has 0 aliphatic heterocycles.